The Balaban J connectivity index is 1.58. The Morgan fingerprint density at radius 3 is 2.13 bits per heavy atom. The van der Waals surface area contributed by atoms with Crippen LogP contribution < -0.4 is 5.32 Å². The van der Waals surface area contributed by atoms with E-state index in [1.165, 1.54) is 12.1 Å². The Hall–Kier alpha value is -2.22. The summed E-state index contributed by atoms with van der Waals surface area (Å²) in [6.07, 6.45) is 3.93. The van der Waals surface area contributed by atoms with E-state index in [2.05, 4.69) is 5.32 Å². The van der Waals surface area contributed by atoms with Gasteiger partial charge in [0.1, 0.15) is 0 Å². The zero-order chi connectivity index (χ0) is 21.4. The van der Waals surface area contributed by atoms with Crippen LogP contribution >= 0.6 is 0 Å². The van der Waals surface area contributed by atoms with Crippen molar-refractivity contribution in [1.82, 2.24) is 9.62 Å². The summed E-state index contributed by atoms with van der Waals surface area (Å²) in [7, 11) is -3.50. The van der Waals surface area contributed by atoms with Crippen molar-refractivity contribution >= 4 is 15.9 Å². The van der Waals surface area contributed by atoms with Crippen molar-refractivity contribution in [2.75, 3.05) is 19.7 Å². The maximum absolute atomic E-state index is 12.8. The molecule has 3 rings (SSSR count). The molecule has 1 N–H and O–H groups in total. The summed E-state index contributed by atoms with van der Waals surface area (Å²) in [6, 6.07) is 14.1. The Morgan fingerprint density at radius 2 is 1.53 bits per heavy atom. The van der Waals surface area contributed by atoms with Crippen LogP contribution in [0.2, 0.25) is 0 Å². The van der Waals surface area contributed by atoms with Crippen LogP contribution in [0.15, 0.2) is 53.4 Å². The Bertz CT molecular complexity index is 917. The van der Waals surface area contributed by atoms with Gasteiger partial charge >= 0.3 is 0 Å². The fourth-order valence-corrected chi connectivity index (χ4v) is 4.98. The van der Waals surface area contributed by atoms with Gasteiger partial charge in [-0.05, 0) is 55.2 Å². The van der Waals surface area contributed by atoms with Gasteiger partial charge in [0.25, 0.3) is 5.91 Å². The van der Waals surface area contributed by atoms with Crippen molar-refractivity contribution in [3.05, 3.63) is 65.2 Å². The van der Waals surface area contributed by atoms with Crippen molar-refractivity contribution in [1.29, 1.82) is 0 Å². The highest BCUT2D eigenvalue weighted by Crippen LogP contribution is 2.20. The molecule has 162 valence electrons. The molecular formula is C23H30N2O4S. The van der Waals surface area contributed by atoms with E-state index in [0.717, 1.165) is 36.8 Å². The number of carbonyl (C=O) groups is 1. The van der Waals surface area contributed by atoms with Crippen LogP contribution in [0.4, 0.5) is 0 Å². The van der Waals surface area contributed by atoms with E-state index in [1.54, 1.807) is 16.4 Å². The van der Waals surface area contributed by atoms with Gasteiger partial charge in [-0.2, -0.15) is 4.31 Å². The minimum atomic E-state index is -3.50. The number of rotatable bonds is 8. The highest BCUT2D eigenvalue weighted by atomic mass is 32.2. The lowest BCUT2D eigenvalue weighted by atomic mass is 10.1. The number of hydrogen-bond donors (Lipinski definition) is 1. The van der Waals surface area contributed by atoms with Crippen molar-refractivity contribution in [3.8, 4) is 0 Å². The third kappa shape index (κ3) is 5.90. The quantitative estimate of drug-likeness (QED) is 0.693. The number of nitrogens with one attached hydrogen (secondary N) is 1. The topological polar surface area (TPSA) is 75.7 Å². The smallest absolute Gasteiger partial charge is 0.251 e. The molecule has 2 aromatic carbocycles. The predicted octanol–water partition coefficient (Wildman–Crippen LogP) is 3.72. The molecule has 1 fully saturated rings. The number of benzene rings is 2. The summed E-state index contributed by atoms with van der Waals surface area (Å²) in [5.41, 5.74) is 2.52. The monoisotopic (exact) mass is 430 g/mol. The van der Waals surface area contributed by atoms with Crippen LogP contribution in [0.1, 0.15) is 54.1 Å². The maximum atomic E-state index is 12.8. The lowest BCUT2D eigenvalue weighted by Crippen LogP contribution is -2.32. The average Bonchev–Trinajstić information content (AvgIpc) is 3.07. The van der Waals surface area contributed by atoms with Crippen molar-refractivity contribution in [2.24, 2.45) is 0 Å². The first-order valence-corrected chi connectivity index (χ1v) is 12.0. The zero-order valence-corrected chi connectivity index (χ0v) is 18.3. The van der Waals surface area contributed by atoms with E-state index in [0.29, 0.717) is 38.4 Å². The van der Waals surface area contributed by atoms with E-state index < -0.39 is 10.0 Å². The van der Waals surface area contributed by atoms with Gasteiger partial charge in [-0.1, -0.05) is 37.1 Å². The largest absolute Gasteiger partial charge is 0.377 e. The summed E-state index contributed by atoms with van der Waals surface area (Å²) >= 11 is 0. The van der Waals surface area contributed by atoms with E-state index in [-0.39, 0.29) is 10.8 Å². The fourth-order valence-electron chi connectivity index (χ4n) is 3.47. The number of carbonyl (C=O) groups excluding carboxylic acids is 1. The van der Waals surface area contributed by atoms with Crippen molar-refractivity contribution in [2.45, 2.75) is 50.7 Å². The number of sulfonamides is 1. The molecule has 1 amide bonds. The molecule has 0 spiro atoms. The second kappa shape index (κ2) is 10.7. The first-order valence-electron chi connectivity index (χ1n) is 10.5. The van der Waals surface area contributed by atoms with Gasteiger partial charge in [0.15, 0.2) is 0 Å². The highest BCUT2D eigenvalue weighted by molar-refractivity contribution is 7.89. The summed E-state index contributed by atoms with van der Waals surface area (Å²) in [5, 5.41) is 2.88. The fraction of sp³-hybridized carbons (Fsp3) is 0.435. The number of amides is 1. The normalized spacial score (nSPS) is 15.5. The van der Waals surface area contributed by atoms with Crippen LogP contribution in [0.5, 0.6) is 0 Å². The molecule has 1 heterocycles. The average molecular weight is 431 g/mol. The summed E-state index contributed by atoms with van der Waals surface area (Å²) in [5.74, 6) is -0.230. The van der Waals surface area contributed by atoms with E-state index >= 15 is 0 Å². The third-order valence-electron chi connectivity index (χ3n) is 5.27. The molecule has 30 heavy (non-hydrogen) atoms. The Labute approximate surface area is 179 Å². The molecule has 0 aliphatic carbocycles. The number of nitrogens with zero attached hydrogens (tertiary/aromatic N) is 1. The molecule has 6 nitrogen and oxygen atoms in total. The molecular weight excluding hydrogens is 400 g/mol. The molecule has 0 unspecified atom stereocenters. The molecule has 0 atom stereocenters. The van der Waals surface area contributed by atoms with Gasteiger partial charge in [-0.25, -0.2) is 8.42 Å². The number of hydrogen-bond acceptors (Lipinski definition) is 4. The summed E-state index contributed by atoms with van der Waals surface area (Å²) in [4.78, 5) is 12.7. The molecule has 0 aromatic heterocycles. The summed E-state index contributed by atoms with van der Waals surface area (Å²) < 4.78 is 32.6. The molecule has 1 aliphatic heterocycles. The Kier molecular flexibility index (Phi) is 8.01. The first kappa shape index (κ1) is 22.5. The van der Waals surface area contributed by atoms with Crippen molar-refractivity contribution in [3.63, 3.8) is 0 Å². The van der Waals surface area contributed by atoms with Crippen molar-refractivity contribution < 1.29 is 17.9 Å². The van der Waals surface area contributed by atoms with Gasteiger partial charge in [0, 0.05) is 31.8 Å². The highest BCUT2D eigenvalue weighted by Gasteiger charge is 2.25. The van der Waals surface area contributed by atoms with Crippen LogP contribution in [-0.4, -0.2) is 38.3 Å². The standard InChI is InChI=1S/C23H30N2O4S/c1-2-29-18-20-9-7-19(8-10-20)17-24-23(26)21-11-13-22(14-12-21)30(27,28)25-15-5-3-4-6-16-25/h7-14H,2-6,15-18H2,1H3,(H,24,26). The van der Waals surface area contributed by atoms with Crippen LogP contribution in [0.25, 0.3) is 0 Å². The number of ether oxygens (including phenoxy) is 1. The zero-order valence-electron chi connectivity index (χ0n) is 17.5. The van der Waals surface area contributed by atoms with E-state index in [9.17, 15) is 13.2 Å². The van der Waals surface area contributed by atoms with Gasteiger partial charge in [-0.15, -0.1) is 0 Å². The van der Waals surface area contributed by atoms with Gasteiger partial charge in [-0.3, -0.25) is 4.79 Å². The van der Waals surface area contributed by atoms with Crippen LogP contribution in [0.3, 0.4) is 0 Å². The molecule has 1 aliphatic rings. The van der Waals surface area contributed by atoms with Gasteiger partial charge in [0.05, 0.1) is 11.5 Å². The molecule has 2 aromatic rings. The van der Waals surface area contributed by atoms with E-state index in [1.807, 2.05) is 31.2 Å². The minimum absolute atomic E-state index is 0.230. The predicted molar refractivity (Wildman–Crippen MR) is 117 cm³/mol. The molecule has 0 radical (unpaired) electrons. The van der Waals surface area contributed by atoms with Crippen LogP contribution in [-0.2, 0) is 27.9 Å². The lowest BCUT2D eigenvalue weighted by Gasteiger charge is -2.20. The molecule has 0 bridgehead atoms. The van der Waals surface area contributed by atoms with Gasteiger partial charge in [0.2, 0.25) is 10.0 Å². The van der Waals surface area contributed by atoms with Crippen LogP contribution in [0, 0.1) is 0 Å². The van der Waals surface area contributed by atoms with Gasteiger partial charge < -0.3 is 10.1 Å². The summed E-state index contributed by atoms with van der Waals surface area (Å²) in [6.45, 7) is 4.75. The second-order valence-corrected chi connectivity index (χ2v) is 9.42. The molecule has 1 saturated heterocycles. The third-order valence-corrected chi connectivity index (χ3v) is 7.18. The minimum Gasteiger partial charge on any atom is -0.377 e. The SMILES string of the molecule is CCOCc1ccc(CNC(=O)c2ccc(S(=O)(=O)N3CCCCCC3)cc2)cc1. The Morgan fingerprint density at radius 1 is 0.933 bits per heavy atom. The molecule has 7 heteroatoms. The second-order valence-electron chi connectivity index (χ2n) is 7.48. The maximum Gasteiger partial charge on any atom is 0.251 e. The first-order chi connectivity index (χ1) is 14.5. The lowest BCUT2D eigenvalue weighted by molar-refractivity contribution is 0.0950. The van der Waals surface area contributed by atoms with E-state index in [4.69, 9.17) is 4.74 Å². The molecule has 0 saturated carbocycles.